The van der Waals surface area contributed by atoms with Gasteiger partial charge in [-0.25, -0.2) is 9.78 Å². The van der Waals surface area contributed by atoms with Crippen molar-refractivity contribution in [2.75, 3.05) is 42.6 Å². The zero-order valence-corrected chi connectivity index (χ0v) is 19.5. The van der Waals surface area contributed by atoms with Crippen LogP contribution in [0.15, 0.2) is 66.9 Å². The molecular weight excluding hydrogens is 428 g/mol. The zero-order valence-electron chi connectivity index (χ0n) is 19.5. The van der Waals surface area contributed by atoms with E-state index in [4.69, 9.17) is 9.72 Å². The van der Waals surface area contributed by atoms with Gasteiger partial charge in [-0.05, 0) is 55.3 Å². The number of ether oxygens (including phenoxy) is 1. The molecule has 0 saturated carbocycles. The lowest BCUT2D eigenvalue weighted by molar-refractivity contribution is 0.0746. The van der Waals surface area contributed by atoms with E-state index in [1.54, 1.807) is 17.0 Å². The van der Waals surface area contributed by atoms with Gasteiger partial charge in [-0.15, -0.1) is 0 Å². The van der Waals surface area contributed by atoms with Gasteiger partial charge in [0.1, 0.15) is 12.4 Å². The molecule has 0 N–H and O–H groups in total. The zero-order chi connectivity index (χ0) is 23.7. The van der Waals surface area contributed by atoms with Crippen molar-refractivity contribution in [3.8, 4) is 11.1 Å². The van der Waals surface area contributed by atoms with Gasteiger partial charge in [-0.1, -0.05) is 30.3 Å². The average molecular weight is 457 g/mol. The number of piperazine rings is 1. The highest BCUT2D eigenvalue weighted by atomic mass is 16.6. The molecule has 0 spiro atoms. The maximum absolute atomic E-state index is 13.1. The molecule has 1 aromatic heterocycles. The van der Waals surface area contributed by atoms with E-state index in [0.29, 0.717) is 25.3 Å². The molecule has 2 aliphatic rings. The van der Waals surface area contributed by atoms with Gasteiger partial charge in [-0.2, -0.15) is 0 Å². The summed E-state index contributed by atoms with van der Waals surface area (Å²) < 4.78 is 5.09. The number of aryl methyl sites for hydroxylation is 1. The summed E-state index contributed by atoms with van der Waals surface area (Å²) in [5.41, 5.74) is 4.76. The normalized spacial score (nSPS) is 18.2. The van der Waals surface area contributed by atoms with E-state index in [0.717, 1.165) is 41.3 Å². The topological polar surface area (TPSA) is 66.0 Å². The molecule has 2 aliphatic heterocycles. The summed E-state index contributed by atoms with van der Waals surface area (Å²) in [6, 6.07) is 19.6. The molecule has 2 fully saturated rings. The number of rotatable bonds is 4. The van der Waals surface area contributed by atoms with Crippen molar-refractivity contribution in [1.82, 2.24) is 9.88 Å². The number of cyclic esters (lactones) is 1. The molecule has 0 bridgehead atoms. The summed E-state index contributed by atoms with van der Waals surface area (Å²) in [7, 11) is 0. The largest absolute Gasteiger partial charge is 0.447 e. The molecule has 0 aliphatic carbocycles. The van der Waals surface area contributed by atoms with E-state index in [-0.39, 0.29) is 18.0 Å². The van der Waals surface area contributed by atoms with Gasteiger partial charge in [0.05, 0.1) is 6.04 Å². The summed E-state index contributed by atoms with van der Waals surface area (Å²) in [5, 5.41) is 0. The lowest BCUT2D eigenvalue weighted by atomic mass is 10.1. The highest BCUT2D eigenvalue weighted by Gasteiger charge is 2.31. The van der Waals surface area contributed by atoms with Gasteiger partial charge >= 0.3 is 6.09 Å². The second-order valence-corrected chi connectivity index (χ2v) is 8.85. The van der Waals surface area contributed by atoms with Crippen LogP contribution in [0.5, 0.6) is 0 Å². The predicted octanol–water partition coefficient (Wildman–Crippen LogP) is 4.36. The molecule has 1 atom stereocenters. The number of pyridine rings is 1. The van der Waals surface area contributed by atoms with Gasteiger partial charge in [0.15, 0.2) is 0 Å². The van der Waals surface area contributed by atoms with Crippen LogP contribution in [0.1, 0.15) is 22.8 Å². The first-order valence-electron chi connectivity index (χ1n) is 11.6. The Hall–Kier alpha value is -3.87. The standard InChI is InChI=1S/C27H28N4O3/c1-19-16-23(21-6-4-3-5-7-21)17-28-25(19)29-12-14-30(15-13-29)26(32)22-8-10-24(11-9-22)31-20(2)18-34-27(31)33/h3-11,16-17,20H,12-15,18H2,1-2H3. The Morgan fingerprint density at radius 3 is 2.29 bits per heavy atom. The predicted molar refractivity (Wildman–Crippen MR) is 132 cm³/mol. The number of benzene rings is 2. The van der Waals surface area contributed by atoms with Crippen LogP contribution in [0.2, 0.25) is 0 Å². The first kappa shape index (κ1) is 21.9. The minimum atomic E-state index is -0.344. The third kappa shape index (κ3) is 4.21. The first-order chi connectivity index (χ1) is 16.5. The van der Waals surface area contributed by atoms with Gasteiger partial charge in [-0.3, -0.25) is 9.69 Å². The van der Waals surface area contributed by atoms with Gasteiger partial charge in [0, 0.05) is 49.2 Å². The van der Waals surface area contributed by atoms with Crippen LogP contribution in [-0.4, -0.2) is 60.7 Å². The molecule has 7 nitrogen and oxygen atoms in total. The fourth-order valence-electron chi connectivity index (χ4n) is 4.63. The summed E-state index contributed by atoms with van der Waals surface area (Å²) in [5.74, 6) is 0.982. The Bertz CT molecular complexity index is 1190. The van der Waals surface area contributed by atoms with Crippen molar-refractivity contribution in [2.24, 2.45) is 0 Å². The van der Waals surface area contributed by atoms with Crippen LogP contribution >= 0.6 is 0 Å². The molecule has 3 heterocycles. The third-order valence-electron chi connectivity index (χ3n) is 6.50. The highest BCUT2D eigenvalue weighted by Crippen LogP contribution is 2.26. The van der Waals surface area contributed by atoms with Crippen LogP contribution < -0.4 is 9.80 Å². The molecule has 1 unspecified atom stereocenters. The third-order valence-corrected chi connectivity index (χ3v) is 6.50. The number of carbonyl (C=O) groups excluding carboxylic acids is 2. The van der Waals surface area contributed by atoms with E-state index in [2.05, 4.69) is 30.0 Å². The quantitative estimate of drug-likeness (QED) is 0.584. The number of carbonyl (C=O) groups is 2. The molecule has 34 heavy (non-hydrogen) atoms. The molecule has 2 amide bonds. The molecule has 2 saturated heterocycles. The summed E-state index contributed by atoms with van der Waals surface area (Å²) in [4.78, 5) is 35.5. The van der Waals surface area contributed by atoms with Crippen molar-refractivity contribution in [3.63, 3.8) is 0 Å². The molecule has 2 aromatic carbocycles. The van der Waals surface area contributed by atoms with Gasteiger partial charge < -0.3 is 14.5 Å². The second kappa shape index (κ2) is 9.17. The van der Waals surface area contributed by atoms with E-state index in [1.807, 2.05) is 48.4 Å². The molecular formula is C27H28N4O3. The number of amides is 2. The average Bonchev–Trinajstić information content (AvgIpc) is 3.22. The second-order valence-electron chi connectivity index (χ2n) is 8.85. The Morgan fingerprint density at radius 1 is 0.971 bits per heavy atom. The van der Waals surface area contributed by atoms with Crippen LogP contribution in [0, 0.1) is 6.92 Å². The smallest absolute Gasteiger partial charge is 0.414 e. The van der Waals surface area contributed by atoms with E-state index in [1.165, 1.54) is 0 Å². The fourth-order valence-corrected chi connectivity index (χ4v) is 4.63. The molecule has 174 valence electrons. The van der Waals surface area contributed by atoms with Crippen LogP contribution in [0.3, 0.4) is 0 Å². The molecule has 7 heteroatoms. The van der Waals surface area contributed by atoms with Gasteiger partial charge in [0.2, 0.25) is 0 Å². The monoisotopic (exact) mass is 456 g/mol. The SMILES string of the molecule is Cc1cc(-c2ccccc2)cnc1N1CCN(C(=O)c2ccc(N3C(=O)OCC3C)cc2)CC1. The minimum absolute atomic E-state index is 0.00681. The van der Waals surface area contributed by atoms with Crippen LogP contribution in [0.4, 0.5) is 16.3 Å². The Kier molecular flexibility index (Phi) is 5.92. The van der Waals surface area contributed by atoms with Crippen molar-refractivity contribution >= 4 is 23.5 Å². The summed E-state index contributed by atoms with van der Waals surface area (Å²) in [6.45, 7) is 7.15. The molecule has 0 radical (unpaired) electrons. The summed E-state index contributed by atoms with van der Waals surface area (Å²) in [6.07, 6.45) is 1.58. The lowest BCUT2D eigenvalue weighted by Gasteiger charge is -2.36. The number of nitrogens with zero attached hydrogens (tertiary/aromatic N) is 4. The Balaban J connectivity index is 1.22. The van der Waals surface area contributed by atoms with E-state index in [9.17, 15) is 9.59 Å². The maximum atomic E-state index is 13.1. The van der Waals surface area contributed by atoms with Crippen LogP contribution in [-0.2, 0) is 4.74 Å². The molecule has 5 rings (SSSR count). The lowest BCUT2D eigenvalue weighted by Crippen LogP contribution is -2.49. The maximum Gasteiger partial charge on any atom is 0.414 e. The Labute approximate surface area is 199 Å². The van der Waals surface area contributed by atoms with Crippen molar-refractivity contribution in [2.45, 2.75) is 19.9 Å². The summed E-state index contributed by atoms with van der Waals surface area (Å²) >= 11 is 0. The van der Waals surface area contributed by atoms with Gasteiger partial charge in [0.25, 0.3) is 5.91 Å². The number of anilines is 2. The van der Waals surface area contributed by atoms with Crippen molar-refractivity contribution < 1.29 is 14.3 Å². The molecule has 3 aromatic rings. The van der Waals surface area contributed by atoms with Crippen molar-refractivity contribution in [3.05, 3.63) is 78.0 Å². The number of aromatic nitrogens is 1. The number of hydrogen-bond acceptors (Lipinski definition) is 5. The van der Waals surface area contributed by atoms with Crippen LogP contribution in [0.25, 0.3) is 11.1 Å². The van der Waals surface area contributed by atoms with E-state index >= 15 is 0 Å². The number of hydrogen-bond donors (Lipinski definition) is 0. The Morgan fingerprint density at radius 2 is 1.68 bits per heavy atom. The van der Waals surface area contributed by atoms with Crippen molar-refractivity contribution in [1.29, 1.82) is 0 Å². The fraction of sp³-hybridized carbons (Fsp3) is 0.296. The highest BCUT2D eigenvalue weighted by molar-refractivity contribution is 5.96. The first-order valence-corrected chi connectivity index (χ1v) is 11.6. The van der Waals surface area contributed by atoms with E-state index < -0.39 is 0 Å². The minimum Gasteiger partial charge on any atom is -0.447 e.